The van der Waals surface area contributed by atoms with Gasteiger partial charge >= 0.3 is 31.2 Å². The van der Waals surface area contributed by atoms with E-state index in [4.69, 9.17) is 23.7 Å². The Morgan fingerprint density at radius 3 is 0.689 bits per heavy atom. The Labute approximate surface area is 636 Å². The molecule has 103 heavy (non-hydrogen) atoms. The topological polar surface area (TPSA) is 117 Å². The number of unbranched alkanes of at least 4 members (excludes halogenated alkanes) is 1. The Hall–Kier alpha value is -0.900. The summed E-state index contributed by atoms with van der Waals surface area (Å²) in [6.45, 7) is 81.2. The SMILES string of the molecule is CC(C)C.CC(C)OC(C(F)(F)F)C(F)(F)F.CC(C)OC(C)(C)C.CC(C)OC(C)(F)F.CC(C)OC(C)(F)F.CC(C)OC(C)C.CC(C)OC(F)F.CC(C)S(C)(=O)=O.CCC(C)C.CCCC(C)C.CCCCC(C)C.CCCOC(C)C.CCOC(C)C.COC(C)C.CSC(C)C. The van der Waals surface area contributed by atoms with Gasteiger partial charge in [-0.2, -0.15) is 64.4 Å². The molecule has 11 nitrogen and oxygen atoms in total. The van der Waals surface area contributed by atoms with Crippen LogP contribution in [0.15, 0.2) is 0 Å². The highest BCUT2D eigenvalue weighted by Crippen LogP contribution is 2.36. The Bertz CT molecular complexity index is 1500. The van der Waals surface area contributed by atoms with Crippen molar-refractivity contribution >= 4 is 21.6 Å². The number of rotatable bonds is 25. The van der Waals surface area contributed by atoms with E-state index in [-0.39, 0.29) is 17.0 Å². The molecule has 648 valence electrons. The third kappa shape index (κ3) is 242. The molecule has 0 aromatic heterocycles. The van der Waals surface area contributed by atoms with Gasteiger partial charge in [0.1, 0.15) is 9.84 Å². The minimum atomic E-state index is -5.41. The molecule has 0 saturated carbocycles. The van der Waals surface area contributed by atoms with Crippen molar-refractivity contribution in [3.05, 3.63) is 0 Å². The molecular weight excluding hydrogens is 1400 g/mol. The number of halogens is 12. The van der Waals surface area contributed by atoms with Crippen LogP contribution >= 0.6 is 11.8 Å². The molecule has 0 radical (unpaired) electrons. The van der Waals surface area contributed by atoms with Crippen LogP contribution < -0.4 is 0 Å². The summed E-state index contributed by atoms with van der Waals surface area (Å²) < 4.78 is 202. The highest BCUT2D eigenvalue weighted by molar-refractivity contribution is 7.99. The summed E-state index contributed by atoms with van der Waals surface area (Å²) in [5, 5.41) is 0.572. The van der Waals surface area contributed by atoms with Crippen molar-refractivity contribution in [2.75, 3.05) is 32.8 Å². The van der Waals surface area contributed by atoms with Crippen LogP contribution in [0.3, 0.4) is 0 Å². The minimum Gasteiger partial charge on any atom is -0.382 e. The first-order chi connectivity index (χ1) is 45.6. The van der Waals surface area contributed by atoms with E-state index in [0.29, 0.717) is 36.6 Å². The molecule has 0 spiro atoms. The second kappa shape index (κ2) is 86.7. The molecule has 0 N–H and O–H groups in total. The maximum Gasteiger partial charge on any atom is 0.423 e. The number of ether oxygens (including phenoxy) is 9. The lowest BCUT2D eigenvalue weighted by Crippen LogP contribution is -2.45. The first-order valence-electron chi connectivity index (χ1n) is 37.3. The van der Waals surface area contributed by atoms with E-state index in [1.165, 1.54) is 44.8 Å². The quantitative estimate of drug-likeness (QED) is 0.0810. The molecule has 0 aromatic rings. The standard InChI is InChI=1S/C7H16O.C7H16.C6H8F6O.2C6H14O.C6H14.2C5H10F2O.C5H12O.C5H12.C4H8F2O.C4H10O2S.C4H10O.C4H10S.C4H10/c1-6(2)8-7(3,4)5;1-4-5-6-7(2)3;1-3(2)13-4(5(7,8)9)6(10,11)12;1-5(2)7-6(3)4;1-4-5-7-6(2)3;1-4-5-6(2)3;2*1-4(2)8-5(3,6)7;1-4-6-5(2)3;1-4-5(2)3;1-3(2)7-4(5)6;1-4(2)7(3,5)6;2*1-4(2)5-3;1-4(2)3/h6H,1-5H3;7H,4-6H2,1-3H3;3-4H,1-2H3;5-6H,1-4H3;6H,4-5H2,1-3H3;6H,4-5H2,1-3H3;2*4H,1-3H3;5H,4H2,1-3H3;5H,4H2,1-3H3;3-4H,1-2H3;4H,1-3H3;2*4H,1-3H3;4H,1-3H3. The molecule has 0 fully saturated rings. The average molecular weight is 1580 g/mol. The van der Waals surface area contributed by atoms with Crippen LogP contribution in [0, 0.1) is 23.7 Å². The normalized spacial score (nSPS) is 11.5. The fourth-order valence-electron chi connectivity index (χ4n) is 4.77. The minimum absolute atomic E-state index is 0.0220. The van der Waals surface area contributed by atoms with Gasteiger partial charge < -0.3 is 42.6 Å². The summed E-state index contributed by atoms with van der Waals surface area (Å²) in [5.41, 5.74) is 0.0220. The molecule has 0 aliphatic carbocycles. The molecule has 0 rings (SSSR count). The van der Waals surface area contributed by atoms with Crippen molar-refractivity contribution in [3.8, 4) is 0 Å². The van der Waals surface area contributed by atoms with Gasteiger partial charge in [-0.05, 0) is 222 Å². The van der Waals surface area contributed by atoms with Crippen LogP contribution in [0.2, 0.25) is 0 Å². The van der Waals surface area contributed by atoms with Crippen molar-refractivity contribution in [2.24, 2.45) is 23.7 Å². The van der Waals surface area contributed by atoms with Crippen LogP contribution in [0.5, 0.6) is 0 Å². The first-order valence-corrected chi connectivity index (χ1v) is 40.5. The van der Waals surface area contributed by atoms with E-state index in [9.17, 15) is 61.1 Å². The molecule has 0 heterocycles. The molecule has 0 aliphatic rings. The Morgan fingerprint density at radius 1 is 0.388 bits per heavy atom. The second-order valence-electron chi connectivity index (χ2n) is 29.7. The Morgan fingerprint density at radius 2 is 0.660 bits per heavy atom. The van der Waals surface area contributed by atoms with Gasteiger partial charge in [-0.1, -0.05) is 142 Å². The predicted octanol–water partition coefficient (Wildman–Crippen LogP) is 28.1. The van der Waals surface area contributed by atoms with E-state index in [0.717, 1.165) is 76.3 Å². The lowest BCUT2D eigenvalue weighted by atomic mass is 10.1. The fourth-order valence-corrected chi connectivity index (χ4v) is 4.77. The van der Waals surface area contributed by atoms with Crippen LogP contribution in [0.1, 0.15) is 343 Å². The van der Waals surface area contributed by atoms with Crippen molar-refractivity contribution in [1.82, 2.24) is 0 Å². The number of alkyl halides is 12. The van der Waals surface area contributed by atoms with E-state index >= 15 is 0 Å². The number of hydrogen-bond donors (Lipinski definition) is 0. The van der Waals surface area contributed by atoms with E-state index < -0.39 is 65.4 Å². The van der Waals surface area contributed by atoms with Gasteiger partial charge in [-0.15, -0.1) is 0 Å². The summed E-state index contributed by atoms with van der Waals surface area (Å²) in [5.74, 6) is 3.52. The van der Waals surface area contributed by atoms with Crippen LogP contribution in [-0.4, -0.2) is 156 Å². The number of sulfone groups is 1. The van der Waals surface area contributed by atoms with Crippen LogP contribution in [0.25, 0.3) is 0 Å². The van der Waals surface area contributed by atoms with E-state index in [1.54, 1.807) is 62.5 Å². The second-order valence-corrected chi connectivity index (χ2v) is 33.7. The Balaban J connectivity index is -0.0000000625. The van der Waals surface area contributed by atoms with Gasteiger partial charge in [0.05, 0.1) is 71.9 Å². The molecule has 0 amide bonds. The van der Waals surface area contributed by atoms with Crippen molar-refractivity contribution in [3.63, 3.8) is 0 Å². The maximum atomic E-state index is 11.8. The van der Waals surface area contributed by atoms with Crippen molar-refractivity contribution in [2.45, 2.75) is 457 Å². The lowest BCUT2D eigenvalue weighted by Gasteiger charge is -2.24. The lowest BCUT2D eigenvalue weighted by molar-refractivity contribution is -0.328. The summed E-state index contributed by atoms with van der Waals surface area (Å²) in [6, 6.07) is 0. The van der Waals surface area contributed by atoms with Gasteiger partial charge in [-0.3, -0.25) is 0 Å². The third-order valence-corrected chi connectivity index (χ3v) is 11.8. The Kier molecular flexibility index (Phi) is 116. The van der Waals surface area contributed by atoms with Crippen molar-refractivity contribution < 1.29 is 104 Å². The summed E-state index contributed by atoms with van der Waals surface area (Å²) in [7, 11) is -1.04. The average Bonchev–Trinajstić information content (AvgIpc) is 0.832. The molecular formula is C78H174F12O11S2. The van der Waals surface area contributed by atoms with Gasteiger partial charge in [0.15, 0.2) is 0 Å². The zero-order valence-electron chi connectivity index (χ0n) is 75.1. The zero-order valence-corrected chi connectivity index (χ0v) is 76.7. The predicted molar refractivity (Wildman–Crippen MR) is 424 cm³/mol. The smallest absolute Gasteiger partial charge is 0.382 e. The van der Waals surface area contributed by atoms with E-state index in [2.05, 4.69) is 164 Å². The maximum absolute atomic E-state index is 11.8. The number of hydrogen-bond acceptors (Lipinski definition) is 12. The van der Waals surface area contributed by atoms with Gasteiger partial charge in [0.2, 0.25) is 6.10 Å². The zero-order chi connectivity index (χ0) is 86.8. The third-order valence-electron chi connectivity index (χ3n) is 9.17. The van der Waals surface area contributed by atoms with Gasteiger partial charge in [0.25, 0.3) is 0 Å². The molecule has 0 unspecified atom stereocenters. The van der Waals surface area contributed by atoms with Gasteiger partial charge in [-0.25, -0.2) is 8.42 Å². The number of thioether (sulfide) groups is 1. The molecule has 25 heteroatoms. The summed E-state index contributed by atoms with van der Waals surface area (Å²) >= 11 is 1.88. The van der Waals surface area contributed by atoms with E-state index in [1.807, 2.05) is 87.9 Å². The summed E-state index contributed by atoms with van der Waals surface area (Å²) in [4.78, 5) is 0. The monoisotopic (exact) mass is 1580 g/mol. The van der Waals surface area contributed by atoms with Crippen LogP contribution in [0.4, 0.5) is 52.7 Å². The van der Waals surface area contributed by atoms with Gasteiger partial charge in [0, 0.05) is 40.4 Å². The largest absolute Gasteiger partial charge is 0.423 e. The molecule has 0 aromatic carbocycles. The highest BCUT2D eigenvalue weighted by Gasteiger charge is 2.58. The molecule has 0 saturated heterocycles. The molecule has 0 atom stereocenters. The molecule has 0 aliphatic heterocycles. The summed E-state index contributed by atoms with van der Waals surface area (Å²) in [6.07, 6.45) is -7.89. The van der Waals surface area contributed by atoms with Crippen molar-refractivity contribution in [1.29, 1.82) is 0 Å². The van der Waals surface area contributed by atoms with Crippen LogP contribution in [-0.2, 0) is 52.5 Å². The molecule has 0 bridgehead atoms. The first kappa shape index (κ1) is 138. The highest BCUT2D eigenvalue weighted by atomic mass is 32.2. The fraction of sp³-hybridized carbons (Fsp3) is 1.00. The number of methoxy groups -OCH3 is 1.